The summed E-state index contributed by atoms with van der Waals surface area (Å²) in [6, 6.07) is 1.67. The van der Waals surface area contributed by atoms with E-state index in [0.29, 0.717) is 5.15 Å². The monoisotopic (exact) mass is 334 g/mol. The SMILES string of the molecule is CC1(C)C(=O)Nc2cc(Cl)ncc21.O=C([O-])[O-].[K+].[K+]. The zero-order chi connectivity index (χ0) is 13.2. The zero-order valence-electron chi connectivity index (χ0n) is 11.1. The van der Waals surface area contributed by atoms with Gasteiger partial charge < -0.3 is 20.3 Å². The third-order valence-electron chi connectivity index (χ3n) is 2.36. The van der Waals surface area contributed by atoms with Gasteiger partial charge in [0.25, 0.3) is 0 Å². The van der Waals surface area contributed by atoms with Crippen molar-refractivity contribution in [1.82, 2.24) is 4.98 Å². The van der Waals surface area contributed by atoms with E-state index < -0.39 is 11.6 Å². The normalized spacial score (nSPS) is 13.7. The number of hydrogen-bond donors (Lipinski definition) is 1. The van der Waals surface area contributed by atoms with Gasteiger partial charge in [-0.1, -0.05) is 11.6 Å². The van der Waals surface area contributed by atoms with Crippen molar-refractivity contribution in [3.05, 3.63) is 23.0 Å². The first-order chi connectivity index (χ1) is 7.75. The molecule has 1 aliphatic rings. The quantitative estimate of drug-likeness (QED) is 0.375. The molecule has 0 radical (unpaired) electrons. The molecule has 0 bridgehead atoms. The standard InChI is InChI=1S/C9H9ClN2O.CH2O3.2K/c1-9(2)5-4-11-7(10)3-6(5)12-8(9)13;2-1(3)4;;/h3-4H,1-2H3,(H,12,13);(H2,2,3,4);;/q;;2*+1/p-2. The molecule has 0 spiro atoms. The molecule has 1 amide bonds. The molecule has 0 saturated carbocycles. The minimum absolute atomic E-state index is 0. The molecule has 0 fully saturated rings. The molecule has 1 aromatic rings. The Balaban J connectivity index is 0. The van der Waals surface area contributed by atoms with Gasteiger partial charge in [-0.2, -0.15) is 0 Å². The Morgan fingerprint density at radius 1 is 1.37 bits per heavy atom. The second kappa shape index (κ2) is 9.47. The average Bonchev–Trinajstić information content (AvgIpc) is 2.36. The van der Waals surface area contributed by atoms with Crippen LogP contribution in [0.15, 0.2) is 12.3 Å². The van der Waals surface area contributed by atoms with Crippen LogP contribution in [0.5, 0.6) is 0 Å². The second-order valence-corrected chi connectivity index (χ2v) is 4.27. The smallest absolute Gasteiger partial charge is 0.652 e. The predicted molar refractivity (Wildman–Crippen MR) is 56.3 cm³/mol. The number of amides is 1. The van der Waals surface area contributed by atoms with Gasteiger partial charge in [-0.05, 0) is 26.1 Å². The Bertz CT molecular complexity index is 479. The summed E-state index contributed by atoms with van der Waals surface area (Å²) in [6.07, 6.45) is -0.685. The van der Waals surface area contributed by atoms with Crippen molar-refractivity contribution in [3.8, 4) is 0 Å². The van der Waals surface area contributed by atoms with Gasteiger partial charge in [0.15, 0.2) is 0 Å². The molecule has 6 nitrogen and oxygen atoms in total. The summed E-state index contributed by atoms with van der Waals surface area (Å²) in [6.45, 7) is 3.73. The van der Waals surface area contributed by atoms with Gasteiger partial charge >= 0.3 is 103 Å². The van der Waals surface area contributed by atoms with Crippen LogP contribution in [0.2, 0.25) is 5.15 Å². The Morgan fingerprint density at radius 3 is 2.32 bits per heavy atom. The molecule has 1 N–H and O–H groups in total. The van der Waals surface area contributed by atoms with Crippen molar-refractivity contribution < 1.29 is 123 Å². The Labute approximate surface area is 200 Å². The van der Waals surface area contributed by atoms with Gasteiger partial charge in [0.1, 0.15) is 5.15 Å². The van der Waals surface area contributed by atoms with E-state index in [1.807, 2.05) is 13.8 Å². The fraction of sp³-hybridized carbons (Fsp3) is 0.300. The Kier molecular flexibility index (Phi) is 11.3. The van der Waals surface area contributed by atoms with Crippen molar-refractivity contribution in [2.75, 3.05) is 5.32 Å². The van der Waals surface area contributed by atoms with E-state index in [2.05, 4.69) is 10.3 Å². The summed E-state index contributed by atoms with van der Waals surface area (Å²) in [7, 11) is 0. The molecule has 0 saturated heterocycles. The number of rotatable bonds is 0. The summed E-state index contributed by atoms with van der Waals surface area (Å²) in [5, 5.41) is 19.8. The van der Waals surface area contributed by atoms with Gasteiger partial charge in [-0.25, -0.2) is 4.98 Å². The van der Waals surface area contributed by atoms with Crippen molar-refractivity contribution in [1.29, 1.82) is 0 Å². The third kappa shape index (κ3) is 6.39. The number of nitrogens with one attached hydrogen (secondary N) is 1. The van der Waals surface area contributed by atoms with E-state index in [4.69, 9.17) is 26.6 Å². The van der Waals surface area contributed by atoms with E-state index in [1.165, 1.54) is 0 Å². The number of carbonyl (C=O) groups is 2. The average molecular weight is 335 g/mol. The van der Waals surface area contributed by atoms with E-state index in [1.54, 1.807) is 12.3 Å². The molecule has 0 atom stereocenters. The summed E-state index contributed by atoms with van der Waals surface area (Å²) in [4.78, 5) is 23.8. The van der Waals surface area contributed by atoms with Gasteiger partial charge in [0.2, 0.25) is 5.91 Å². The molecule has 19 heavy (non-hydrogen) atoms. The number of fused-ring (bicyclic) bond motifs is 1. The van der Waals surface area contributed by atoms with Crippen LogP contribution in [0.4, 0.5) is 10.5 Å². The Morgan fingerprint density at radius 2 is 1.84 bits per heavy atom. The van der Waals surface area contributed by atoms with Crippen molar-refractivity contribution >= 4 is 29.4 Å². The van der Waals surface area contributed by atoms with Crippen molar-refractivity contribution in [2.45, 2.75) is 19.3 Å². The number of pyridine rings is 1. The molecular formula is C10H9ClK2N2O4. The Hall–Kier alpha value is 1.45. The maximum atomic E-state index is 11.5. The van der Waals surface area contributed by atoms with E-state index in [0.717, 1.165) is 11.3 Å². The number of carboxylic acid groups (broad SMARTS) is 2. The van der Waals surface area contributed by atoms with E-state index >= 15 is 0 Å². The molecule has 1 aliphatic heterocycles. The van der Waals surface area contributed by atoms with Crippen LogP contribution in [0.3, 0.4) is 0 Å². The molecule has 92 valence electrons. The van der Waals surface area contributed by atoms with Gasteiger partial charge in [-0.3, -0.25) is 4.79 Å². The summed E-state index contributed by atoms with van der Waals surface area (Å²) < 4.78 is 0. The number of halogens is 1. The zero-order valence-corrected chi connectivity index (χ0v) is 18.1. The molecule has 2 heterocycles. The number of carbonyl (C=O) groups excluding carboxylic acids is 2. The first-order valence-corrected chi connectivity index (χ1v) is 4.98. The summed E-state index contributed by atoms with van der Waals surface area (Å²) >= 11 is 5.70. The first-order valence-electron chi connectivity index (χ1n) is 4.60. The minimum Gasteiger partial charge on any atom is -0.652 e. The largest absolute Gasteiger partial charge is 1.00 e. The van der Waals surface area contributed by atoms with E-state index in [9.17, 15) is 4.79 Å². The summed E-state index contributed by atoms with van der Waals surface area (Å²) in [5.74, 6) is -0.00781. The van der Waals surface area contributed by atoms with Crippen LogP contribution in [0, 0.1) is 0 Å². The van der Waals surface area contributed by atoms with Crippen LogP contribution in [-0.2, 0) is 10.2 Å². The first kappa shape index (κ1) is 22.7. The topological polar surface area (TPSA) is 105 Å². The van der Waals surface area contributed by atoms with E-state index in [-0.39, 0.29) is 109 Å². The third-order valence-corrected chi connectivity index (χ3v) is 2.57. The minimum atomic E-state index is -2.33. The number of hydrogen-bond acceptors (Lipinski definition) is 5. The van der Waals surface area contributed by atoms with Crippen LogP contribution in [-0.4, -0.2) is 17.0 Å². The van der Waals surface area contributed by atoms with Crippen LogP contribution in [0.1, 0.15) is 19.4 Å². The fourth-order valence-electron chi connectivity index (χ4n) is 1.43. The summed E-state index contributed by atoms with van der Waals surface area (Å²) in [5.41, 5.74) is 1.18. The number of aromatic nitrogens is 1. The molecule has 0 aliphatic carbocycles. The molecule has 0 unspecified atom stereocenters. The van der Waals surface area contributed by atoms with Crippen LogP contribution in [0.25, 0.3) is 0 Å². The molecule has 2 rings (SSSR count). The van der Waals surface area contributed by atoms with Crippen molar-refractivity contribution in [3.63, 3.8) is 0 Å². The van der Waals surface area contributed by atoms with Gasteiger partial charge in [-0.15, -0.1) is 0 Å². The second-order valence-electron chi connectivity index (χ2n) is 3.88. The maximum Gasteiger partial charge on any atom is 1.00 e. The number of anilines is 1. The molecular weight excluding hydrogens is 326 g/mol. The van der Waals surface area contributed by atoms with Crippen molar-refractivity contribution in [2.24, 2.45) is 0 Å². The van der Waals surface area contributed by atoms with Gasteiger partial charge in [0.05, 0.1) is 5.41 Å². The fourth-order valence-corrected chi connectivity index (χ4v) is 1.59. The maximum absolute atomic E-state index is 11.5. The predicted octanol–water partition coefficient (Wildman–Crippen LogP) is -6.47. The molecule has 9 heteroatoms. The number of nitrogens with zero attached hydrogens (tertiary/aromatic N) is 1. The van der Waals surface area contributed by atoms with Crippen LogP contribution < -0.4 is 118 Å². The van der Waals surface area contributed by atoms with Gasteiger partial charge in [0, 0.05) is 17.4 Å². The van der Waals surface area contributed by atoms with Crippen LogP contribution >= 0.6 is 11.6 Å². The molecule has 1 aromatic heterocycles. The molecule has 0 aromatic carbocycles.